The molecule has 0 bridgehead atoms. The van der Waals surface area contributed by atoms with Crippen molar-refractivity contribution in [3.05, 3.63) is 93.4 Å². The molecule has 0 N–H and O–H groups in total. The number of aromatic nitrogens is 4. The van der Waals surface area contributed by atoms with Crippen molar-refractivity contribution < 1.29 is 4.42 Å². The van der Waals surface area contributed by atoms with Crippen LogP contribution < -0.4 is 5.56 Å². The van der Waals surface area contributed by atoms with Gasteiger partial charge in [-0.3, -0.25) is 9.36 Å². The van der Waals surface area contributed by atoms with Gasteiger partial charge in [0.05, 0.1) is 27.6 Å². The molecule has 0 aliphatic heterocycles. The number of aryl methyl sites for hydroxylation is 1. The van der Waals surface area contributed by atoms with Crippen molar-refractivity contribution in [1.82, 2.24) is 19.7 Å². The van der Waals surface area contributed by atoms with Crippen LogP contribution in [0.4, 0.5) is 0 Å². The highest BCUT2D eigenvalue weighted by molar-refractivity contribution is 7.99. The highest BCUT2D eigenvalue weighted by Gasteiger charge is 2.21. The molecule has 8 heteroatoms. The fourth-order valence-corrected chi connectivity index (χ4v) is 4.94. The molecular weight excluding hydrogens is 440 g/mol. The SMILES string of the molecule is Cc1ccc(Cn2c(SC(C)c3nnc(-c4cccs4)o3)nc3ccccc3c2=O)cc1. The smallest absolute Gasteiger partial charge is 0.262 e. The molecule has 0 fully saturated rings. The lowest BCUT2D eigenvalue weighted by atomic mass is 10.1. The van der Waals surface area contributed by atoms with Crippen LogP contribution >= 0.6 is 23.1 Å². The number of fused-ring (bicyclic) bond motifs is 1. The first kappa shape index (κ1) is 20.7. The quantitative estimate of drug-likeness (QED) is 0.238. The number of hydrogen-bond donors (Lipinski definition) is 0. The zero-order valence-electron chi connectivity index (χ0n) is 17.6. The summed E-state index contributed by atoms with van der Waals surface area (Å²) in [7, 11) is 0. The van der Waals surface area contributed by atoms with Gasteiger partial charge in [0.25, 0.3) is 11.4 Å². The molecule has 0 aliphatic rings. The molecule has 2 aromatic carbocycles. The third-order valence-corrected chi connectivity index (χ3v) is 7.03. The van der Waals surface area contributed by atoms with E-state index in [-0.39, 0.29) is 10.8 Å². The number of rotatable bonds is 6. The largest absolute Gasteiger partial charge is 0.419 e. The van der Waals surface area contributed by atoms with Crippen molar-refractivity contribution in [1.29, 1.82) is 0 Å². The average Bonchev–Trinajstić information content (AvgIpc) is 3.50. The summed E-state index contributed by atoms with van der Waals surface area (Å²) >= 11 is 3.00. The first-order valence-electron chi connectivity index (χ1n) is 10.2. The minimum atomic E-state index is -0.173. The fourth-order valence-electron chi connectivity index (χ4n) is 3.36. The van der Waals surface area contributed by atoms with Gasteiger partial charge in [0.15, 0.2) is 5.16 Å². The van der Waals surface area contributed by atoms with Crippen LogP contribution in [0, 0.1) is 6.92 Å². The van der Waals surface area contributed by atoms with E-state index in [2.05, 4.69) is 22.3 Å². The maximum Gasteiger partial charge on any atom is 0.262 e. The van der Waals surface area contributed by atoms with Crippen molar-refractivity contribution in [3.63, 3.8) is 0 Å². The molecule has 0 saturated carbocycles. The van der Waals surface area contributed by atoms with Gasteiger partial charge in [-0.2, -0.15) is 0 Å². The molecule has 3 aromatic heterocycles. The molecule has 0 amide bonds. The Balaban J connectivity index is 1.52. The number of para-hydroxylation sites is 1. The molecule has 5 aromatic rings. The molecule has 0 aliphatic carbocycles. The van der Waals surface area contributed by atoms with Crippen molar-refractivity contribution in [2.24, 2.45) is 0 Å². The first-order chi connectivity index (χ1) is 15.6. The van der Waals surface area contributed by atoms with Gasteiger partial charge in [0, 0.05) is 0 Å². The molecule has 1 unspecified atom stereocenters. The number of nitrogens with zero attached hydrogens (tertiary/aromatic N) is 4. The van der Waals surface area contributed by atoms with Gasteiger partial charge in [-0.05, 0) is 43.0 Å². The van der Waals surface area contributed by atoms with Crippen LogP contribution in [0.1, 0.15) is 29.2 Å². The summed E-state index contributed by atoms with van der Waals surface area (Å²) in [5.41, 5.74) is 2.84. The minimum absolute atomic E-state index is 0.0596. The number of benzene rings is 2. The summed E-state index contributed by atoms with van der Waals surface area (Å²) in [4.78, 5) is 19.1. The van der Waals surface area contributed by atoms with E-state index < -0.39 is 0 Å². The predicted octanol–water partition coefficient (Wildman–Crippen LogP) is 5.72. The van der Waals surface area contributed by atoms with Crippen LogP contribution in [0.3, 0.4) is 0 Å². The normalized spacial score (nSPS) is 12.3. The highest BCUT2D eigenvalue weighted by atomic mass is 32.2. The second kappa shape index (κ2) is 8.72. The molecular formula is C24H20N4O2S2. The Morgan fingerprint density at radius 2 is 1.88 bits per heavy atom. The molecule has 1 atom stereocenters. The Morgan fingerprint density at radius 1 is 1.06 bits per heavy atom. The lowest BCUT2D eigenvalue weighted by molar-refractivity contribution is 0.509. The van der Waals surface area contributed by atoms with Crippen LogP contribution in [-0.4, -0.2) is 19.7 Å². The first-order valence-corrected chi connectivity index (χ1v) is 11.9. The maximum absolute atomic E-state index is 13.4. The van der Waals surface area contributed by atoms with E-state index in [1.165, 1.54) is 17.3 Å². The van der Waals surface area contributed by atoms with E-state index in [0.29, 0.717) is 34.4 Å². The Hall–Kier alpha value is -3.23. The van der Waals surface area contributed by atoms with Crippen LogP contribution in [0.25, 0.3) is 21.7 Å². The topological polar surface area (TPSA) is 73.8 Å². The monoisotopic (exact) mass is 460 g/mol. The summed E-state index contributed by atoms with van der Waals surface area (Å²) in [6.07, 6.45) is 0. The zero-order chi connectivity index (χ0) is 22.1. The van der Waals surface area contributed by atoms with E-state index in [1.54, 1.807) is 15.9 Å². The van der Waals surface area contributed by atoms with Crippen LogP contribution in [0.15, 0.2) is 80.4 Å². The van der Waals surface area contributed by atoms with Crippen LogP contribution in [0.5, 0.6) is 0 Å². The molecule has 160 valence electrons. The molecule has 5 rings (SSSR count). The van der Waals surface area contributed by atoms with Gasteiger partial charge in [-0.15, -0.1) is 21.5 Å². The summed E-state index contributed by atoms with van der Waals surface area (Å²) in [6.45, 7) is 4.47. The second-order valence-corrected chi connectivity index (χ2v) is 9.73. The third-order valence-electron chi connectivity index (χ3n) is 5.09. The van der Waals surface area contributed by atoms with Crippen molar-refractivity contribution in [2.75, 3.05) is 0 Å². The third kappa shape index (κ3) is 4.11. The Labute approximate surface area is 193 Å². The van der Waals surface area contributed by atoms with E-state index in [0.717, 1.165) is 10.4 Å². The van der Waals surface area contributed by atoms with Crippen LogP contribution in [-0.2, 0) is 6.54 Å². The van der Waals surface area contributed by atoms with Gasteiger partial charge in [-0.25, -0.2) is 4.98 Å². The summed E-state index contributed by atoms with van der Waals surface area (Å²) in [5.74, 6) is 1.01. The van der Waals surface area contributed by atoms with E-state index in [1.807, 2.05) is 67.8 Å². The van der Waals surface area contributed by atoms with E-state index in [9.17, 15) is 4.79 Å². The maximum atomic E-state index is 13.4. The summed E-state index contributed by atoms with van der Waals surface area (Å²) in [5, 5.41) is 11.4. The molecule has 32 heavy (non-hydrogen) atoms. The lowest BCUT2D eigenvalue weighted by Crippen LogP contribution is -2.24. The summed E-state index contributed by atoms with van der Waals surface area (Å²) < 4.78 is 7.63. The second-order valence-electron chi connectivity index (χ2n) is 7.47. The van der Waals surface area contributed by atoms with E-state index >= 15 is 0 Å². The summed E-state index contributed by atoms with van der Waals surface area (Å²) in [6, 6.07) is 19.5. The molecule has 6 nitrogen and oxygen atoms in total. The zero-order valence-corrected chi connectivity index (χ0v) is 19.2. The average molecular weight is 461 g/mol. The molecule has 0 spiro atoms. The van der Waals surface area contributed by atoms with E-state index in [4.69, 9.17) is 9.40 Å². The lowest BCUT2D eigenvalue weighted by Gasteiger charge is -2.15. The molecule has 0 radical (unpaired) electrons. The van der Waals surface area contributed by atoms with Gasteiger partial charge in [-0.1, -0.05) is 59.8 Å². The molecule has 3 heterocycles. The van der Waals surface area contributed by atoms with Crippen molar-refractivity contribution in [2.45, 2.75) is 30.8 Å². The van der Waals surface area contributed by atoms with Gasteiger partial charge < -0.3 is 4.42 Å². The standard InChI is InChI=1S/C24H20N4O2S2/c1-15-9-11-17(12-10-15)14-28-23(29)18-6-3-4-7-19(18)25-24(28)32-16(2)21-26-27-22(30-21)20-8-5-13-31-20/h3-13,16H,14H2,1-2H3. The van der Waals surface area contributed by atoms with Crippen LogP contribution in [0.2, 0.25) is 0 Å². The highest BCUT2D eigenvalue weighted by Crippen LogP contribution is 2.35. The van der Waals surface area contributed by atoms with Gasteiger partial charge in [0.1, 0.15) is 0 Å². The van der Waals surface area contributed by atoms with Gasteiger partial charge >= 0.3 is 0 Å². The number of thioether (sulfide) groups is 1. The van der Waals surface area contributed by atoms with Crippen molar-refractivity contribution in [3.8, 4) is 10.8 Å². The molecule has 0 saturated heterocycles. The fraction of sp³-hybridized carbons (Fsp3) is 0.167. The predicted molar refractivity (Wildman–Crippen MR) is 128 cm³/mol. The van der Waals surface area contributed by atoms with Crippen molar-refractivity contribution >= 4 is 34.0 Å². The number of hydrogen-bond acceptors (Lipinski definition) is 7. The Bertz CT molecular complexity index is 1420. The minimum Gasteiger partial charge on any atom is -0.419 e. The number of thiophene rings is 1. The Kier molecular flexibility index (Phi) is 5.63. The van der Waals surface area contributed by atoms with Gasteiger partial charge in [0.2, 0.25) is 5.89 Å². The Morgan fingerprint density at radius 3 is 2.66 bits per heavy atom.